The molecule has 0 bridgehead atoms. The van der Waals surface area contributed by atoms with Gasteiger partial charge in [-0.1, -0.05) is 48.9 Å². The summed E-state index contributed by atoms with van der Waals surface area (Å²) in [7, 11) is 0. The number of benzene rings is 2. The molecule has 0 fully saturated rings. The summed E-state index contributed by atoms with van der Waals surface area (Å²) in [5, 5.41) is 2.87. The average Bonchev–Trinajstić information content (AvgIpc) is 2.58. The van der Waals surface area contributed by atoms with Gasteiger partial charge in [-0.3, -0.25) is 4.79 Å². The van der Waals surface area contributed by atoms with Crippen LogP contribution >= 0.6 is 0 Å². The van der Waals surface area contributed by atoms with Crippen LogP contribution in [0.15, 0.2) is 48.5 Å². The maximum absolute atomic E-state index is 12.1. The van der Waals surface area contributed by atoms with Gasteiger partial charge in [0.2, 0.25) is 5.91 Å². The number of aryl methyl sites for hydroxylation is 1. The average molecular weight is 312 g/mol. The second kappa shape index (κ2) is 8.34. The Morgan fingerprint density at radius 2 is 1.78 bits per heavy atom. The first-order valence-corrected chi connectivity index (χ1v) is 7.91. The molecule has 23 heavy (non-hydrogen) atoms. The molecule has 0 aliphatic heterocycles. The lowest BCUT2D eigenvalue weighted by atomic mass is 10.1. The zero-order valence-electron chi connectivity index (χ0n) is 13.7. The molecule has 2 rings (SSSR count). The fourth-order valence-corrected chi connectivity index (χ4v) is 2.15. The summed E-state index contributed by atoms with van der Waals surface area (Å²) in [5.41, 5.74) is 8.97. The number of hydrogen-bond donors (Lipinski definition) is 2. The molecule has 2 aromatic carbocycles. The number of nitrogens with one attached hydrogen (secondary N) is 1. The van der Waals surface area contributed by atoms with E-state index >= 15 is 0 Å². The maximum atomic E-state index is 12.1. The predicted octanol–water partition coefficient (Wildman–Crippen LogP) is 3.10. The van der Waals surface area contributed by atoms with Gasteiger partial charge in [0.15, 0.2) is 0 Å². The minimum atomic E-state index is -0.650. The lowest BCUT2D eigenvalue weighted by Crippen LogP contribution is -2.33. The van der Waals surface area contributed by atoms with E-state index in [2.05, 4.69) is 12.2 Å². The van der Waals surface area contributed by atoms with E-state index in [4.69, 9.17) is 10.5 Å². The molecule has 0 spiro atoms. The predicted molar refractivity (Wildman–Crippen MR) is 92.2 cm³/mol. The minimum Gasteiger partial charge on any atom is -0.494 e. The van der Waals surface area contributed by atoms with Crippen molar-refractivity contribution in [1.82, 2.24) is 5.32 Å². The van der Waals surface area contributed by atoms with Crippen LogP contribution in [0, 0.1) is 6.92 Å². The van der Waals surface area contributed by atoms with E-state index in [9.17, 15) is 4.79 Å². The van der Waals surface area contributed by atoms with Crippen LogP contribution in [-0.4, -0.2) is 12.5 Å². The van der Waals surface area contributed by atoms with Crippen LogP contribution in [0.4, 0.5) is 0 Å². The highest BCUT2D eigenvalue weighted by Crippen LogP contribution is 2.14. The summed E-state index contributed by atoms with van der Waals surface area (Å²) in [4.78, 5) is 12.1. The second-order valence-electron chi connectivity index (χ2n) is 5.60. The molecule has 122 valence electrons. The number of hydrogen-bond acceptors (Lipinski definition) is 3. The van der Waals surface area contributed by atoms with Crippen LogP contribution in [-0.2, 0) is 11.3 Å². The molecule has 0 aliphatic carbocycles. The first-order chi connectivity index (χ1) is 11.1. The van der Waals surface area contributed by atoms with Crippen molar-refractivity contribution in [3.05, 3.63) is 65.2 Å². The first kappa shape index (κ1) is 17.0. The van der Waals surface area contributed by atoms with Gasteiger partial charge < -0.3 is 15.8 Å². The Labute approximate surface area is 137 Å². The summed E-state index contributed by atoms with van der Waals surface area (Å²) < 4.78 is 5.53. The number of nitrogens with two attached hydrogens (primary N) is 1. The Morgan fingerprint density at radius 1 is 1.13 bits per heavy atom. The lowest BCUT2D eigenvalue weighted by molar-refractivity contribution is -0.122. The van der Waals surface area contributed by atoms with Gasteiger partial charge >= 0.3 is 0 Å². The maximum Gasteiger partial charge on any atom is 0.241 e. The van der Waals surface area contributed by atoms with Crippen LogP contribution in [0.25, 0.3) is 0 Å². The quantitative estimate of drug-likeness (QED) is 0.825. The number of carbonyl (C=O) groups excluding carboxylic acids is 1. The monoisotopic (exact) mass is 312 g/mol. The number of carbonyl (C=O) groups is 1. The van der Waals surface area contributed by atoms with Gasteiger partial charge in [0.25, 0.3) is 0 Å². The second-order valence-corrected chi connectivity index (χ2v) is 5.60. The molecular weight excluding hydrogens is 288 g/mol. The third-order valence-electron chi connectivity index (χ3n) is 3.58. The Morgan fingerprint density at radius 3 is 2.39 bits per heavy atom. The lowest BCUT2D eigenvalue weighted by Gasteiger charge is -2.13. The van der Waals surface area contributed by atoms with Crippen LogP contribution in [0.2, 0.25) is 0 Å². The smallest absolute Gasteiger partial charge is 0.241 e. The van der Waals surface area contributed by atoms with Crippen LogP contribution in [0.3, 0.4) is 0 Å². The molecule has 0 heterocycles. The summed E-state index contributed by atoms with van der Waals surface area (Å²) in [6.07, 6.45) is 0.981. The topological polar surface area (TPSA) is 64.3 Å². The zero-order chi connectivity index (χ0) is 16.7. The molecule has 0 saturated heterocycles. The van der Waals surface area contributed by atoms with Crippen molar-refractivity contribution in [2.45, 2.75) is 32.9 Å². The number of ether oxygens (including phenoxy) is 1. The van der Waals surface area contributed by atoms with Crippen molar-refractivity contribution in [2.24, 2.45) is 5.73 Å². The SMILES string of the molecule is CCCOc1ccc(CNC(=O)C(N)c2ccc(C)cc2)cc1. The molecule has 2 aromatic rings. The summed E-state index contributed by atoms with van der Waals surface area (Å²) in [6, 6.07) is 14.8. The molecule has 4 heteroatoms. The Balaban J connectivity index is 1.87. The molecule has 4 nitrogen and oxygen atoms in total. The van der Waals surface area contributed by atoms with E-state index in [0.717, 1.165) is 28.9 Å². The fraction of sp³-hybridized carbons (Fsp3) is 0.316. The van der Waals surface area contributed by atoms with Gasteiger partial charge in [0, 0.05) is 6.54 Å². The summed E-state index contributed by atoms with van der Waals surface area (Å²) in [6.45, 7) is 5.23. The van der Waals surface area contributed by atoms with Gasteiger partial charge in [0.05, 0.1) is 6.61 Å². The van der Waals surface area contributed by atoms with Crippen LogP contribution < -0.4 is 15.8 Å². The third kappa shape index (κ3) is 5.11. The fourth-order valence-electron chi connectivity index (χ4n) is 2.15. The van der Waals surface area contributed by atoms with E-state index < -0.39 is 6.04 Å². The van der Waals surface area contributed by atoms with E-state index in [0.29, 0.717) is 13.2 Å². The van der Waals surface area contributed by atoms with Crippen LogP contribution in [0.5, 0.6) is 5.75 Å². The third-order valence-corrected chi connectivity index (χ3v) is 3.58. The normalized spacial score (nSPS) is 11.8. The molecule has 3 N–H and O–H groups in total. The van der Waals surface area contributed by atoms with Crippen molar-refractivity contribution in [3.63, 3.8) is 0 Å². The molecule has 1 atom stereocenters. The van der Waals surface area contributed by atoms with Crippen molar-refractivity contribution in [1.29, 1.82) is 0 Å². The summed E-state index contributed by atoms with van der Waals surface area (Å²) >= 11 is 0. The molecule has 0 radical (unpaired) electrons. The van der Waals surface area contributed by atoms with Gasteiger partial charge in [-0.2, -0.15) is 0 Å². The highest BCUT2D eigenvalue weighted by molar-refractivity contribution is 5.82. The summed E-state index contributed by atoms with van der Waals surface area (Å²) in [5.74, 6) is 0.665. The molecule has 0 saturated carbocycles. The Bertz CT molecular complexity index is 621. The Kier molecular flexibility index (Phi) is 6.18. The van der Waals surface area contributed by atoms with Crippen molar-refractivity contribution < 1.29 is 9.53 Å². The number of rotatable bonds is 7. The zero-order valence-corrected chi connectivity index (χ0v) is 13.7. The Hall–Kier alpha value is -2.33. The largest absolute Gasteiger partial charge is 0.494 e. The first-order valence-electron chi connectivity index (χ1n) is 7.91. The minimum absolute atomic E-state index is 0.180. The molecule has 0 aromatic heterocycles. The van der Waals surface area contributed by atoms with Crippen molar-refractivity contribution in [3.8, 4) is 5.75 Å². The molecule has 1 unspecified atom stereocenters. The van der Waals surface area contributed by atoms with Gasteiger partial charge in [-0.25, -0.2) is 0 Å². The van der Waals surface area contributed by atoms with Crippen molar-refractivity contribution in [2.75, 3.05) is 6.61 Å². The van der Waals surface area contributed by atoms with E-state index in [1.165, 1.54) is 0 Å². The number of amides is 1. The van der Waals surface area contributed by atoms with Crippen molar-refractivity contribution >= 4 is 5.91 Å². The molecular formula is C19H24N2O2. The van der Waals surface area contributed by atoms with E-state index in [1.807, 2.05) is 55.5 Å². The van der Waals surface area contributed by atoms with Gasteiger partial charge in [-0.15, -0.1) is 0 Å². The van der Waals surface area contributed by atoms with Gasteiger partial charge in [-0.05, 0) is 36.6 Å². The van der Waals surface area contributed by atoms with Crippen LogP contribution in [0.1, 0.15) is 36.1 Å². The highest BCUT2D eigenvalue weighted by atomic mass is 16.5. The molecule has 0 aliphatic rings. The highest BCUT2D eigenvalue weighted by Gasteiger charge is 2.15. The van der Waals surface area contributed by atoms with E-state index in [1.54, 1.807) is 0 Å². The standard InChI is InChI=1S/C19H24N2O2/c1-3-12-23-17-10-6-15(7-11-17)13-21-19(22)18(20)16-8-4-14(2)5-9-16/h4-11,18H,3,12-13,20H2,1-2H3,(H,21,22). The molecule has 1 amide bonds. The van der Waals surface area contributed by atoms with Gasteiger partial charge in [0.1, 0.15) is 11.8 Å². The van der Waals surface area contributed by atoms with E-state index in [-0.39, 0.29) is 5.91 Å².